The zero-order valence-corrected chi connectivity index (χ0v) is 21.9. The topological polar surface area (TPSA) is 126 Å². The first-order valence-corrected chi connectivity index (χ1v) is 12.9. The Balaban J connectivity index is 1.32. The van der Waals surface area contributed by atoms with Gasteiger partial charge in [0.1, 0.15) is 23.0 Å². The second-order valence-electron chi connectivity index (χ2n) is 9.94. The summed E-state index contributed by atoms with van der Waals surface area (Å²) in [4.78, 5) is 41.1. The molecule has 1 amide bonds. The van der Waals surface area contributed by atoms with E-state index in [4.69, 9.17) is 8.83 Å². The van der Waals surface area contributed by atoms with Crippen molar-refractivity contribution in [3.05, 3.63) is 106 Å². The van der Waals surface area contributed by atoms with Crippen molar-refractivity contribution in [3.8, 4) is 11.1 Å². The molecule has 0 spiro atoms. The van der Waals surface area contributed by atoms with Crippen LogP contribution in [0.1, 0.15) is 22.5 Å². The maximum absolute atomic E-state index is 13.0. The molecule has 0 saturated carbocycles. The first-order valence-electron chi connectivity index (χ1n) is 12.9. The van der Waals surface area contributed by atoms with Gasteiger partial charge in [0, 0.05) is 45.9 Å². The molecule has 0 radical (unpaired) electrons. The monoisotopic (exact) mass is 534 g/mol. The average molecular weight is 535 g/mol. The number of aromatic amines is 1. The molecule has 3 heterocycles. The molecule has 8 heteroatoms. The van der Waals surface area contributed by atoms with Gasteiger partial charge in [-0.3, -0.25) is 4.79 Å². The minimum Gasteiger partial charge on any atom is -0.480 e. The highest BCUT2D eigenvalue weighted by atomic mass is 16.4. The summed E-state index contributed by atoms with van der Waals surface area (Å²) in [5.74, 6) is -0.995. The minimum atomic E-state index is -1.17. The van der Waals surface area contributed by atoms with E-state index in [-0.39, 0.29) is 18.4 Å². The second kappa shape index (κ2) is 9.89. The predicted molar refractivity (Wildman–Crippen MR) is 152 cm³/mol. The molecule has 1 atom stereocenters. The summed E-state index contributed by atoms with van der Waals surface area (Å²) in [6.07, 6.45) is 1.53. The van der Waals surface area contributed by atoms with E-state index in [0.717, 1.165) is 38.7 Å². The number of fused-ring (bicyclic) bond motifs is 3. The highest BCUT2D eigenvalue weighted by molar-refractivity contribution is 6.03. The number of hydrogen-bond donors (Lipinski definition) is 3. The molecule has 0 fully saturated rings. The van der Waals surface area contributed by atoms with E-state index < -0.39 is 23.5 Å². The SMILES string of the molecule is Cc1oc2cc3oc(=O)c(CC(=O)N[C@@H](Cc4c[nH]c5ccccc45)C(=O)O)c(C)c3cc2c1-c1ccccc1. The lowest BCUT2D eigenvalue weighted by atomic mass is 9.98. The van der Waals surface area contributed by atoms with Crippen LogP contribution in [0.3, 0.4) is 0 Å². The molecule has 6 rings (SSSR count). The lowest BCUT2D eigenvalue weighted by Crippen LogP contribution is -2.43. The number of nitrogens with one attached hydrogen (secondary N) is 2. The number of rotatable bonds is 7. The summed E-state index contributed by atoms with van der Waals surface area (Å²) >= 11 is 0. The van der Waals surface area contributed by atoms with Crippen molar-refractivity contribution < 1.29 is 23.5 Å². The molecule has 0 aliphatic rings. The molecule has 3 aromatic heterocycles. The lowest BCUT2D eigenvalue weighted by molar-refractivity contribution is -0.141. The minimum absolute atomic E-state index is 0.0937. The molecule has 0 aliphatic heterocycles. The van der Waals surface area contributed by atoms with Crippen molar-refractivity contribution >= 4 is 44.7 Å². The summed E-state index contributed by atoms with van der Waals surface area (Å²) in [6.45, 7) is 3.66. The third kappa shape index (κ3) is 4.43. The number of aryl methyl sites for hydroxylation is 2. The maximum atomic E-state index is 13.0. The Labute approximate surface area is 228 Å². The Hall–Kier alpha value is -5.11. The van der Waals surface area contributed by atoms with E-state index >= 15 is 0 Å². The number of furan rings is 1. The van der Waals surface area contributed by atoms with Crippen LogP contribution in [0.15, 0.2) is 86.6 Å². The van der Waals surface area contributed by atoms with E-state index in [0.29, 0.717) is 22.1 Å². The van der Waals surface area contributed by atoms with Crippen LogP contribution in [0, 0.1) is 13.8 Å². The number of H-pyrrole nitrogens is 1. The Morgan fingerprint density at radius 1 is 0.925 bits per heavy atom. The lowest BCUT2D eigenvalue weighted by Gasteiger charge is -2.15. The van der Waals surface area contributed by atoms with Crippen molar-refractivity contribution in [1.29, 1.82) is 0 Å². The molecule has 6 aromatic rings. The number of benzene rings is 3. The first-order chi connectivity index (χ1) is 19.3. The van der Waals surface area contributed by atoms with Gasteiger partial charge in [0.2, 0.25) is 5.91 Å². The number of carbonyl (C=O) groups is 2. The van der Waals surface area contributed by atoms with Crippen LogP contribution in [0.4, 0.5) is 0 Å². The van der Waals surface area contributed by atoms with Gasteiger partial charge in [0.15, 0.2) is 0 Å². The van der Waals surface area contributed by atoms with Crippen LogP contribution in [0.25, 0.3) is 44.0 Å². The van der Waals surface area contributed by atoms with Crippen LogP contribution in [0.2, 0.25) is 0 Å². The number of hydrogen-bond acceptors (Lipinski definition) is 5. The molecule has 0 bridgehead atoms. The van der Waals surface area contributed by atoms with E-state index in [1.54, 1.807) is 19.2 Å². The molecular formula is C32H26N2O6. The van der Waals surface area contributed by atoms with Gasteiger partial charge < -0.3 is 24.2 Å². The summed E-state index contributed by atoms with van der Waals surface area (Å²) in [7, 11) is 0. The largest absolute Gasteiger partial charge is 0.480 e. The van der Waals surface area contributed by atoms with Gasteiger partial charge in [-0.15, -0.1) is 0 Å². The van der Waals surface area contributed by atoms with Crippen molar-refractivity contribution in [1.82, 2.24) is 10.3 Å². The molecule has 3 N–H and O–H groups in total. The van der Waals surface area contributed by atoms with Gasteiger partial charge in [-0.1, -0.05) is 48.5 Å². The van der Waals surface area contributed by atoms with E-state index in [9.17, 15) is 19.5 Å². The van der Waals surface area contributed by atoms with Crippen LogP contribution >= 0.6 is 0 Å². The third-order valence-electron chi connectivity index (χ3n) is 7.40. The van der Waals surface area contributed by atoms with Crippen LogP contribution in [-0.2, 0) is 22.4 Å². The summed E-state index contributed by atoms with van der Waals surface area (Å²) in [5.41, 5.74) is 4.70. The molecular weight excluding hydrogens is 508 g/mol. The fraction of sp³-hybridized carbons (Fsp3) is 0.156. The second-order valence-corrected chi connectivity index (χ2v) is 9.94. The number of carboxylic acids is 1. The number of carboxylic acid groups (broad SMARTS) is 1. The fourth-order valence-corrected chi connectivity index (χ4v) is 5.40. The first kappa shape index (κ1) is 25.2. The van der Waals surface area contributed by atoms with Gasteiger partial charge in [0.05, 0.1) is 12.0 Å². The van der Waals surface area contributed by atoms with Crippen molar-refractivity contribution in [2.75, 3.05) is 0 Å². The Bertz CT molecular complexity index is 1980. The average Bonchev–Trinajstić information content (AvgIpc) is 3.49. The van der Waals surface area contributed by atoms with Gasteiger partial charge in [-0.05, 0) is 42.7 Å². The Kier molecular flexibility index (Phi) is 6.23. The third-order valence-corrected chi connectivity index (χ3v) is 7.40. The predicted octanol–water partition coefficient (Wildman–Crippen LogP) is 5.66. The number of para-hydroxylation sites is 1. The number of amides is 1. The van der Waals surface area contributed by atoms with Gasteiger partial charge in [-0.2, -0.15) is 0 Å². The molecule has 0 saturated heterocycles. The number of carbonyl (C=O) groups excluding carboxylic acids is 1. The number of aromatic nitrogens is 1. The van der Waals surface area contributed by atoms with Crippen molar-refractivity contribution in [2.45, 2.75) is 32.7 Å². The van der Waals surface area contributed by atoms with Crippen LogP contribution < -0.4 is 10.9 Å². The van der Waals surface area contributed by atoms with Gasteiger partial charge in [0.25, 0.3) is 0 Å². The van der Waals surface area contributed by atoms with Crippen LogP contribution in [-0.4, -0.2) is 28.0 Å². The number of aliphatic carboxylic acids is 1. The summed E-state index contributed by atoms with van der Waals surface area (Å²) in [5, 5.41) is 14.8. The standard InChI is InChI=1S/C32H26N2O6/c1-17-22-13-24-28(39-18(2)30(24)19-8-4-3-5-9-19)15-27(22)40-32(38)23(17)14-29(35)34-26(31(36)37)12-20-16-33-25-11-7-6-10-21(20)25/h3-11,13,15-16,26,33H,12,14H2,1-2H3,(H,34,35)(H,36,37)/t26-/m0/s1. The zero-order valence-electron chi connectivity index (χ0n) is 21.9. The molecule has 40 heavy (non-hydrogen) atoms. The summed E-state index contributed by atoms with van der Waals surface area (Å²) in [6, 6.07) is 19.9. The highest BCUT2D eigenvalue weighted by Gasteiger charge is 2.24. The molecule has 0 unspecified atom stereocenters. The maximum Gasteiger partial charge on any atom is 0.340 e. The van der Waals surface area contributed by atoms with Gasteiger partial charge >= 0.3 is 11.6 Å². The normalized spacial score (nSPS) is 12.2. The van der Waals surface area contributed by atoms with E-state index in [1.165, 1.54) is 0 Å². The molecule has 200 valence electrons. The van der Waals surface area contributed by atoms with E-state index in [1.807, 2.05) is 67.6 Å². The van der Waals surface area contributed by atoms with Gasteiger partial charge in [-0.25, -0.2) is 9.59 Å². The van der Waals surface area contributed by atoms with Crippen molar-refractivity contribution in [2.24, 2.45) is 0 Å². The zero-order chi connectivity index (χ0) is 28.0. The fourth-order valence-electron chi connectivity index (χ4n) is 5.40. The quantitative estimate of drug-likeness (QED) is 0.227. The van der Waals surface area contributed by atoms with E-state index in [2.05, 4.69) is 10.3 Å². The molecule has 3 aromatic carbocycles. The Morgan fingerprint density at radius 2 is 1.65 bits per heavy atom. The van der Waals surface area contributed by atoms with Crippen molar-refractivity contribution in [3.63, 3.8) is 0 Å². The summed E-state index contributed by atoms with van der Waals surface area (Å²) < 4.78 is 11.6. The smallest absolute Gasteiger partial charge is 0.340 e. The Morgan fingerprint density at radius 3 is 2.42 bits per heavy atom. The molecule has 8 nitrogen and oxygen atoms in total. The van der Waals surface area contributed by atoms with Crippen LogP contribution in [0.5, 0.6) is 0 Å². The highest BCUT2D eigenvalue weighted by Crippen LogP contribution is 2.37. The molecule has 0 aliphatic carbocycles.